The van der Waals surface area contributed by atoms with Gasteiger partial charge in [0.15, 0.2) is 13.0 Å². The fraction of sp³-hybridized carbons (Fsp3) is 0.647. The average molecular weight is 972 g/mol. The third kappa shape index (κ3) is 7.79. The van der Waals surface area contributed by atoms with Crippen molar-refractivity contribution in [3.8, 4) is 0 Å². The molecular formula is C17H7Cl21O. The van der Waals surface area contributed by atoms with Crippen molar-refractivity contribution in [2.75, 3.05) is 0 Å². The molecule has 1 atom stereocenters. The Labute approximate surface area is 329 Å². The Balaban J connectivity index is 4.56. The summed E-state index contributed by atoms with van der Waals surface area (Å²) in [6.45, 7) is 1.19. The predicted octanol–water partition coefficient (Wildman–Crippen LogP) is 14.3. The van der Waals surface area contributed by atoms with Crippen LogP contribution in [-0.4, -0.2) is 29.5 Å². The van der Waals surface area contributed by atoms with Crippen LogP contribution in [0.25, 0.3) is 0 Å². The van der Waals surface area contributed by atoms with Crippen molar-refractivity contribution in [3.05, 3.63) is 34.4 Å². The summed E-state index contributed by atoms with van der Waals surface area (Å²) in [6.07, 6.45) is -1.62. The molecule has 0 aliphatic rings. The third-order valence-electron chi connectivity index (χ3n) is 4.89. The van der Waals surface area contributed by atoms with Gasteiger partial charge in [-0.1, -0.05) is 244 Å². The maximum Gasteiger partial charge on any atom is 0.226 e. The fourth-order valence-corrected chi connectivity index (χ4v) is 7.32. The van der Waals surface area contributed by atoms with E-state index in [2.05, 4.69) is 0 Å². The highest BCUT2D eigenvalue weighted by Gasteiger charge is 2.66. The van der Waals surface area contributed by atoms with Crippen LogP contribution in [0.15, 0.2) is 12.1 Å². The summed E-state index contributed by atoms with van der Waals surface area (Å²) in [5.74, 6) is 0. The topological polar surface area (TPSA) is 20.2 Å². The lowest BCUT2D eigenvalue weighted by molar-refractivity contribution is 0.196. The van der Waals surface area contributed by atoms with Crippen LogP contribution in [0.3, 0.4) is 0 Å². The molecule has 0 saturated heterocycles. The first-order chi connectivity index (χ1) is 16.7. The zero-order valence-electron chi connectivity index (χ0n) is 17.6. The Morgan fingerprint density at radius 2 is 0.692 bits per heavy atom. The van der Waals surface area contributed by atoms with E-state index in [1.807, 2.05) is 0 Å². The molecule has 0 radical (unpaired) electrons. The van der Waals surface area contributed by atoms with Gasteiger partial charge in [0, 0.05) is 0 Å². The second kappa shape index (κ2) is 13.3. The van der Waals surface area contributed by atoms with Crippen molar-refractivity contribution in [1.82, 2.24) is 0 Å². The molecule has 0 amide bonds. The average Bonchev–Trinajstić information content (AvgIpc) is 2.69. The summed E-state index contributed by atoms with van der Waals surface area (Å²) >= 11 is 131. The number of alkyl halides is 21. The minimum absolute atomic E-state index is 0.388. The van der Waals surface area contributed by atoms with Crippen molar-refractivity contribution in [3.63, 3.8) is 0 Å². The van der Waals surface area contributed by atoms with Crippen molar-refractivity contribution in [1.29, 1.82) is 0 Å². The first-order valence-electron chi connectivity index (χ1n) is 9.00. The van der Waals surface area contributed by atoms with Gasteiger partial charge in [-0.25, -0.2) is 0 Å². The van der Waals surface area contributed by atoms with E-state index in [1.54, 1.807) is 0 Å². The van der Waals surface area contributed by atoms with Gasteiger partial charge >= 0.3 is 0 Å². The summed E-state index contributed by atoms with van der Waals surface area (Å²) in [7, 11) is 0. The van der Waals surface area contributed by atoms with Crippen LogP contribution in [-0.2, 0) is 13.0 Å². The zero-order valence-corrected chi connectivity index (χ0v) is 33.5. The molecule has 0 fully saturated rings. The summed E-state index contributed by atoms with van der Waals surface area (Å²) in [6, 6.07) is 1.95. The predicted molar refractivity (Wildman–Crippen MR) is 181 cm³/mol. The molecule has 0 aliphatic heterocycles. The number of aliphatic hydroxyl groups is 1. The molecule has 1 aromatic carbocycles. The molecular weight excluding hydrogens is 965 g/mol. The minimum Gasteiger partial charge on any atom is -0.389 e. The highest BCUT2D eigenvalue weighted by molar-refractivity contribution is 6.80. The summed E-state index contributed by atoms with van der Waals surface area (Å²) in [4.78, 5) is 0. The monoisotopic (exact) mass is 961 g/mol. The van der Waals surface area contributed by atoms with Crippen LogP contribution in [0.5, 0.6) is 0 Å². The van der Waals surface area contributed by atoms with E-state index in [0.29, 0.717) is 0 Å². The molecule has 1 unspecified atom stereocenters. The van der Waals surface area contributed by atoms with Crippen molar-refractivity contribution < 1.29 is 5.11 Å². The van der Waals surface area contributed by atoms with Crippen LogP contribution in [0.1, 0.15) is 35.3 Å². The Morgan fingerprint density at radius 1 is 0.462 bits per heavy atom. The second-order valence-electron chi connectivity index (χ2n) is 7.60. The van der Waals surface area contributed by atoms with Gasteiger partial charge in [0.2, 0.25) is 24.4 Å². The van der Waals surface area contributed by atoms with Gasteiger partial charge in [0.05, 0.1) is 6.10 Å². The van der Waals surface area contributed by atoms with Gasteiger partial charge < -0.3 is 5.11 Å². The summed E-state index contributed by atoms with van der Waals surface area (Å²) < 4.78 is -24.0. The summed E-state index contributed by atoms with van der Waals surface area (Å²) in [5, 5.41) is 10.8. The molecule has 0 saturated carbocycles. The first kappa shape index (κ1) is 42.3. The Hall–Kier alpha value is 5.27. The quantitative estimate of drug-likeness (QED) is 0.270. The molecule has 1 N–H and O–H groups in total. The Kier molecular flexibility index (Phi) is 14.4. The molecule has 1 nitrogen and oxygen atoms in total. The highest BCUT2D eigenvalue weighted by atomic mass is 35.6. The lowest BCUT2D eigenvalue weighted by Crippen LogP contribution is -2.49. The normalized spacial score (nSPS) is 16.5. The van der Waals surface area contributed by atoms with Crippen LogP contribution in [0, 0.1) is 0 Å². The number of rotatable bonds is 7. The fourth-order valence-electron chi connectivity index (χ4n) is 2.86. The van der Waals surface area contributed by atoms with Crippen molar-refractivity contribution >= 4 is 244 Å². The molecule has 0 spiro atoms. The van der Waals surface area contributed by atoms with E-state index in [0.717, 1.165) is 12.1 Å². The van der Waals surface area contributed by atoms with E-state index in [1.165, 1.54) is 6.92 Å². The van der Waals surface area contributed by atoms with Crippen LogP contribution in [0.4, 0.5) is 0 Å². The van der Waals surface area contributed by atoms with Crippen molar-refractivity contribution in [2.24, 2.45) is 0 Å². The SMILES string of the molecule is CC(O)c1c(C(Cl)(Cl)C(Cl)(Cl)C(Cl)(Cl)Cl)cc(C(Cl)(Cl)C(Cl)(Cl)C(Cl)(Cl)Cl)cc1C(Cl)(Cl)C(Cl)(Cl)C(Cl)(Cl)Cl. The van der Waals surface area contributed by atoms with Crippen molar-refractivity contribution in [2.45, 2.75) is 50.4 Å². The highest BCUT2D eigenvalue weighted by Crippen LogP contribution is 2.67. The largest absolute Gasteiger partial charge is 0.389 e. The van der Waals surface area contributed by atoms with Crippen LogP contribution >= 0.6 is 244 Å². The maximum absolute atomic E-state index is 10.8. The number of benzene rings is 1. The molecule has 0 bridgehead atoms. The molecule has 1 rings (SSSR count). The number of hydrogen-bond acceptors (Lipinski definition) is 1. The number of halogens is 21. The number of hydrogen-bond donors (Lipinski definition) is 1. The van der Waals surface area contributed by atoms with Gasteiger partial charge in [-0.3, -0.25) is 0 Å². The first-order valence-corrected chi connectivity index (χ1v) is 16.9. The molecule has 0 aliphatic carbocycles. The minimum atomic E-state index is -2.72. The van der Waals surface area contributed by atoms with Gasteiger partial charge in [-0.15, -0.1) is 0 Å². The van der Waals surface area contributed by atoms with E-state index in [4.69, 9.17) is 244 Å². The lowest BCUT2D eigenvalue weighted by atomic mass is 9.87. The van der Waals surface area contributed by atoms with E-state index < -0.39 is 60.2 Å². The third-order valence-corrected chi connectivity index (χ3v) is 16.7. The molecule has 0 heterocycles. The maximum atomic E-state index is 10.8. The van der Waals surface area contributed by atoms with Gasteiger partial charge in [-0.05, 0) is 41.3 Å². The van der Waals surface area contributed by atoms with E-state index in [9.17, 15) is 5.11 Å². The van der Waals surface area contributed by atoms with E-state index >= 15 is 0 Å². The molecule has 228 valence electrons. The second-order valence-corrected chi connectivity index (χ2v) is 22.4. The lowest BCUT2D eigenvalue weighted by Gasteiger charge is -2.44. The van der Waals surface area contributed by atoms with Gasteiger partial charge in [0.1, 0.15) is 0 Å². The molecule has 39 heavy (non-hydrogen) atoms. The summed E-state index contributed by atoms with van der Waals surface area (Å²) in [5.41, 5.74) is -1.85. The van der Waals surface area contributed by atoms with Gasteiger partial charge in [-0.2, -0.15) is 0 Å². The standard InChI is InChI=1S/C17H7Cl21O/c1-4(39)8-6(10(20,21)13(26,27)16(33,34)35)2-5(9(18,19)12(24,25)15(30,31)32)3-7(8)11(22,23)14(28,29)17(36,37)38/h2-4,39H,1H3. The molecule has 1 aromatic rings. The Morgan fingerprint density at radius 3 is 0.897 bits per heavy atom. The molecule has 0 aromatic heterocycles. The zero-order chi connectivity index (χ0) is 31.8. The molecule has 22 heteroatoms. The van der Waals surface area contributed by atoms with Gasteiger partial charge in [0.25, 0.3) is 0 Å². The van der Waals surface area contributed by atoms with Crippen LogP contribution in [0.2, 0.25) is 0 Å². The van der Waals surface area contributed by atoms with E-state index in [-0.39, 0.29) is 5.56 Å². The smallest absolute Gasteiger partial charge is 0.226 e. The Bertz CT molecular complexity index is 997. The van der Waals surface area contributed by atoms with Crippen LogP contribution < -0.4 is 0 Å². The number of aliphatic hydroxyl groups excluding tert-OH is 1.